The van der Waals surface area contributed by atoms with Crippen LogP contribution in [-0.4, -0.2) is 35.9 Å². The van der Waals surface area contributed by atoms with E-state index in [-0.39, 0.29) is 11.7 Å². The maximum atomic E-state index is 12.3. The highest BCUT2D eigenvalue weighted by Gasteiger charge is 2.10. The van der Waals surface area contributed by atoms with Gasteiger partial charge in [-0.15, -0.1) is 11.3 Å². The Bertz CT molecular complexity index is 1370. The number of thioether (sulfide) groups is 1. The molecule has 4 aromatic rings. The normalized spacial score (nSPS) is 11.1. The summed E-state index contributed by atoms with van der Waals surface area (Å²) in [5, 5.41) is 3.87. The Morgan fingerprint density at radius 2 is 1.85 bits per heavy atom. The molecular formula is C24H17Cl2N3O3S2. The van der Waals surface area contributed by atoms with Gasteiger partial charge in [-0.05, 0) is 54.6 Å². The van der Waals surface area contributed by atoms with Crippen LogP contribution in [0.15, 0.2) is 70.0 Å². The Morgan fingerprint density at radius 3 is 2.56 bits per heavy atom. The number of halogens is 2. The molecular weight excluding hydrogens is 513 g/mol. The monoisotopic (exact) mass is 529 g/mol. The number of aromatic nitrogens is 1. The van der Waals surface area contributed by atoms with Crippen LogP contribution < -0.4 is 5.32 Å². The van der Waals surface area contributed by atoms with E-state index in [1.807, 2.05) is 18.2 Å². The zero-order valence-electron chi connectivity index (χ0n) is 17.7. The average Bonchev–Trinajstić information content (AvgIpc) is 3.25. The van der Waals surface area contributed by atoms with E-state index in [0.29, 0.717) is 26.9 Å². The van der Waals surface area contributed by atoms with Crippen molar-refractivity contribution in [2.75, 3.05) is 18.2 Å². The number of carbonyl (C=O) groups is 2. The third-order valence-electron chi connectivity index (χ3n) is 4.61. The van der Waals surface area contributed by atoms with Gasteiger partial charge in [0, 0.05) is 17.5 Å². The van der Waals surface area contributed by atoms with Crippen molar-refractivity contribution in [2.24, 2.45) is 4.99 Å². The summed E-state index contributed by atoms with van der Waals surface area (Å²) in [4.78, 5) is 32.9. The first kappa shape index (κ1) is 24.2. The number of aliphatic imine (C=N–C) groups is 1. The fraction of sp³-hybridized carbons (Fsp3) is 0.0833. The number of benzene rings is 3. The van der Waals surface area contributed by atoms with Crippen LogP contribution in [0.1, 0.15) is 15.9 Å². The Kier molecular flexibility index (Phi) is 7.84. The average molecular weight is 530 g/mol. The smallest absolute Gasteiger partial charge is 0.337 e. The molecule has 3 aromatic carbocycles. The van der Waals surface area contributed by atoms with Crippen LogP contribution in [0.5, 0.6) is 0 Å². The van der Waals surface area contributed by atoms with Crippen molar-refractivity contribution in [2.45, 2.75) is 4.34 Å². The van der Waals surface area contributed by atoms with Crippen molar-refractivity contribution in [3.05, 3.63) is 81.8 Å². The molecule has 6 nitrogen and oxygen atoms in total. The molecule has 4 rings (SSSR count). The minimum absolute atomic E-state index is 0.169. The summed E-state index contributed by atoms with van der Waals surface area (Å²) in [6.45, 7) is 0. The number of nitrogens with one attached hydrogen (secondary N) is 1. The van der Waals surface area contributed by atoms with Gasteiger partial charge in [0.15, 0.2) is 4.34 Å². The van der Waals surface area contributed by atoms with Crippen molar-refractivity contribution in [1.29, 1.82) is 0 Å². The molecule has 0 spiro atoms. The SMILES string of the molecule is COC(=O)c1ccc(NC(=O)CSc2nc3ccc(N=Cc4c(Cl)cccc4Cl)cc3s2)cc1. The maximum Gasteiger partial charge on any atom is 0.337 e. The lowest BCUT2D eigenvalue weighted by Crippen LogP contribution is -2.14. The van der Waals surface area contributed by atoms with Crippen LogP contribution in [0.2, 0.25) is 10.0 Å². The molecule has 1 aromatic heterocycles. The van der Waals surface area contributed by atoms with Gasteiger partial charge < -0.3 is 10.1 Å². The van der Waals surface area contributed by atoms with E-state index >= 15 is 0 Å². The van der Waals surface area contributed by atoms with Crippen LogP contribution in [0.3, 0.4) is 0 Å². The van der Waals surface area contributed by atoms with E-state index in [9.17, 15) is 9.59 Å². The molecule has 10 heteroatoms. The van der Waals surface area contributed by atoms with E-state index < -0.39 is 5.97 Å². The van der Waals surface area contributed by atoms with Crippen molar-refractivity contribution < 1.29 is 14.3 Å². The molecule has 0 radical (unpaired) electrons. The second-order valence-electron chi connectivity index (χ2n) is 6.93. The topological polar surface area (TPSA) is 80.6 Å². The second kappa shape index (κ2) is 11.0. The molecule has 0 fully saturated rings. The van der Waals surface area contributed by atoms with Gasteiger partial charge in [-0.25, -0.2) is 9.78 Å². The molecule has 1 N–H and O–H groups in total. The number of amides is 1. The van der Waals surface area contributed by atoms with Gasteiger partial charge in [0.05, 0.1) is 44.4 Å². The van der Waals surface area contributed by atoms with Crippen molar-refractivity contribution in [3.8, 4) is 0 Å². The minimum atomic E-state index is -0.425. The largest absolute Gasteiger partial charge is 0.465 e. The Morgan fingerprint density at radius 1 is 1.12 bits per heavy atom. The van der Waals surface area contributed by atoms with Gasteiger partial charge in [-0.1, -0.05) is 41.0 Å². The number of methoxy groups -OCH3 is 1. The summed E-state index contributed by atoms with van der Waals surface area (Å²) in [5.41, 5.74) is 3.27. The van der Waals surface area contributed by atoms with Crippen LogP contribution in [-0.2, 0) is 9.53 Å². The number of ether oxygens (including phenoxy) is 1. The molecule has 0 bridgehead atoms. The first-order valence-electron chi connectivity index (χ1n) is 9.92. The summed E-state index contributed by atoms with van der Waals surface area (Å²) < 4.78 is 6.41. The maximum absolute atomic E-state index is 12.3. The van der Waals surface area contributed by atoms with Crippen LogP contribution in [0, 0.1) is 0 Å². The quantitative estimate of drug-likeness (QED) is 0.160. The zero-order chi connectivity index (χ0) is 24.1. The number of rotatable bonds is 7. The number of carbonyl (C=O) groups excluding carboxylic acids is 2. The highest BCUT2D eigenvalue weighted by Crippen LogP contribution is 2.32. The van der Waals surface area contributed by atoms with Gasteiger partial charge in [0.1, 0.15) is 0 Å². The lowest BCUT2D eigenvalue weighted by atomic mass is 10.2. The number of fused-ring (bicyclic) bond motifs is 1. The van der Waals surface area contributed by atoms with E-state index in [1.165, 1.54) is 30.2 Å². The van der Waals surface area contributed by atoms with Gasteiger partial charge in [0.25, 0.3) is 0 Å². The molecule has 0 aliphatic carbocycles. The van der Waals surface area contributed by atoms with E-state index in [4.69, 9.17) is 23.2 Å². The lowest BCUT2D eigenvalue weighted by molar-refractivity contribution is -0.113. The number of thiazole rings is 1. The molecule has 1 amide bonds. The van der Waals surface area contributed by atoms with E-state index in [0.717, 1.165) is 20.2 Å². The highest BCUT2D eigenvalue weighted by molar-refractivity contribution is 8.01. The predicted molar refractivity (Wildman–Crippen MR) is 140 cm³/mol. The summed E-state index contributed by atoms with van der Waals surface area (Å²) in [5.74, 6) is -0.392. The van der Waals surface area contributed by atoms with Gasteiger partial charge in [-0.2, -0.15) is 0 Å². The molecule has 0 atom stereocenters. The Balaban J connectivity index is 1.38. The Hall–Kier alpha value is -2.91. The fourth-order valence-corrected chi connectivity index (χ4v) is 5.34. The lowest BCUT2D eigenvalue weighted by Gasteiger charge is -2.05. The molecule has 1 heterocycles. The molecule has 0 saturated carbocycles. The standard InChI is InChI=1S/C24H17Cl2N3O3S2/c1-32-23(31)14-5-7-15(8-6-14)28-22(30)13-33-24-29-20-10-9-16(11-21(20)34-24)27-12-17-18(25)3-2-4-19(17)26/h2-12H,13H2,1H3,(H,28,30). The molecule has 172 valence electrons. The van der Waals surface area contributed by atoms with E-state index in [2.05, 4.69) is 20.0 Å². The molecule has 0 saturated heterocycles. The fourth-order valence-electron chi connectivity index (χ4n) is 2.94. The molecule has 0 aliphatic rings. The Labute approximate surface area is 214 Å². The third-order valence-corrected chi connectivity index (χ3v) is 7.43. The number of nitrogens with zero attached hydrogens (tertiary/aromatic N) is 2. The predicted octanol–water partition coefficient (Wildman–Crippen LogP) is 6.87. The van der Waals surface area contributed by atoms with Crippen molar-refractivity contribution in [3.63, 3.8) is 0 Å². The zero-order valence-corrected chi connectivity index (χ0v) is 20.9. The first-order chi connectivity index (χ1) is 16.4. The van der Waals surface area contributed by atoms with Crippen LogP contribution in [0.4, 0.5) is 11.4 Å². The van der Waals surface area contributed by atoms with Crippen LogP contribution >= 0.6 is 46.3 Å². The highest BCUT2D eigenvalue weighted by atomic mass is 35.5. The van der Waals surface area contributed by atoms with Crippen LogP contribution in [0.25, 0.3) is 10.2 Å². The van der Waals surface area contributed by atoms with Gasteiger partial charge in [0.2, 0.25) is 5.91 Å². The summed E-state index contributed by atoms with van der Waals surface area (Å²) in [7, 11) is 1.32. The van der Waals surface area contributed by atoms with Crippen molar-refractivity contribution in [1.82, 2.24) is 4.98 Å². The van der Waals surface area contributed by atoms with Crippen molar-refractivity contribution >= 4 is 86.0 Å². The van der Waals surface area contributed by atoms with Gasteiger partial charge in [-0.3, -0.25) is 9.79 Å². The van der Waals surface area contributed by atoms with Gasteiger partial charge >= 0.3 is 5.97 Å². The summed E-state index contributed by atoms with van der Waals surface area (Å²) in [6, 6.07) is 17.5. The molecule has 34 heavy (non-hydrogen) atoms. The number of hydrogen-bond acceptors (Lipinski definition) is 7. The van der Waals surface area contributed by atoms with E-state index in [1.54, 1.807) is 48.7 Å². The summed E-state index contributed by atoms with van der Waals surface area (Å²) in [6.07, 6.45) is 1.64. The first-order valence-corrected chi connectivity index (χ1v) is 12.5. The minimum Gasteiger partial charge on any atom is -0.465 e. The number of esters is 1. The second-order valence-corrected chi connectivity index (χ2v) is 10.00. The number of hydrogen-bond donors (Lipinski definition) is 1. The summed E-state index contributed by atoms with van der Waals surface area (Å²) >= 11 is 15.2. The molecule has 0 aliphatic heterocycles. The molecule has 0 unspecified atom stereocenters. The third kappa shape index (κ3) is 5.95. The number of anilines is 1.